The number of allylic oxidation sites excluding steroid dienone is 2. The van der Waals surface area contributed by atoms with Crippen LogP contribution in [0.2, 0.25) is 0 Å². The van der Waals surface area contributed by atoms with Crippen molar-refractivity contribution in [2.24, 2.45) is 5.41 Å². The van der Waals surface area contributed by atoms with Crippen LogP contribution >= 0.6 is 0 Å². The van der Waals surface area contributed by atoms with Crippen LogP contribution in [0.5, 0.6) is 0 Å². The number of nitrogens with one attached hydrogen (secondary N) is 1. The first-order chi connectivity index (χ1) is 7.97. The van der Waals surface area contributed by atoms with Crippen molar-refractivity contribution < 1.29 is 9.53 Å². The first kappa shape index (κ1) is 14.1. The fourth-order valence-corrected chi connectivity index (χ4v) is 1.77. The summed E-state index contributed by atoms with van der Waals surface area (Å²) < 4.78 is 5.44. The van der Waals surface area contributed by atoms with Crippen LogP contribution in [0.3, 0.4) is 0 Å². The van der Waals surface area contributed by atoms with Crippen molar-refractivity contribution in [2.75, 3.05) is 6.54 Å². The summed E-state index contributed by atoms with van der Waals surface area (Å²) in [6.45, 7) is 6.92. The quantitative estimate of drug-likeness (QED) is 0.747. The van der Waals surface area contributed by atoms with E-state index in [0.717, 1.165) is 32.1 Å². The zero-order valence-electron chi connectivity index (χ0n) is 11.3. The molecule has 1 amide bonds. The topological polar surface area (TPSA) is 38.3 Å². The number of ether oxygens (including phenoxy) is 1. The third kappa shape index (κ3) is 7.03. The molecule has 0 aromatic carbocycles. The molecule has 1 unspecified atom stereocenters. The number of hydrogen-bond donors (Lipinski definition) is 1. The molecule has 1 aliphatic carbocycles. The van der Waals surface area contributed by atoms with Gasteiger partial charge >= 0.3 is 6.09 Å². The summed E-state index contributed by atoms with van der Waals surface area (Å²) in [5.41, 5.74) is 0.0999. The largest absolute Gasteiger partial charge is 0.446 e. The Morgan fingerprint density at radius 1 is 1.29 bits per heavy atom. The first-order valence-corrected chi connectivity index (χ1v) is 6.57. The van der Waals surface area contributed by atoms with Gasteiger partial charge in [-0.05, 0) is 37.5 Å². The standard InChI is InChI=1S/C14H25NO2/c1-14(2,3)11-15-13(16)17-12-9-7-5-4-6-8-10-12/h4-5,12H,6-11H2,1-3H3,(H,15,16)/b5-4+. The third-order valence-electron chi connectivity index (χ3n) is 2.76. The molecule has 0 aromatic heterocycles. The molecule has 0 fully saturated rings. The predicted molar refractivity (Wildman–Crippen MR) is 70.0 cm³/mol. The smallest absolute Gasteiger partial charge is 0.407 e. The molecule has 3 heteroatoms. The molecule has 0 aliphatic heterocycles. The van der Waals surface area contributed by atoms with E-state index in [1.165, 1.54) is 0 Å². The minimum Gasteiger partial charge on any atom is -0.446 e. The minimum atomic E-state index is -0.269. The molecule has 1 N–H and O–H groups in total. The Morgan fingerprint density at radius 3 is 2.71 bits per heavy atom. The van der Waals surface area contributed by atoms with Gasteiger partial charge < -0.3 is 10.1 Å². The maximum absolute atomic E-state index is 11.6. The molecule has 1 aliphatic rings. The first-order valence-electron chi connectivity index (χ1n) is 6.57. The van der Waals surface area contributed by atoms with Crippen LogP contribution < -0.4 is 5.32 Å². The van der Waals surface area contributed by atoms with E-state index >= 15 is 0 Å². The Hall–Kier alpha value is -0.990. The lowest BCUT2D eigenvalue weighted by atomic mass is 9.97. The van der Waals surface area contributed by atoms with Crippen molar-refractivity contribution in [1.29, 1.82) is 0 Å². The Balaban J connectivity index is 2.27. The lowest BCUT2D eigenvalue weighted by molar-refractivity contribution is 0.0841. The molecule has 0 bridgehead atoms. The number of amides is 1. The highest BCUT2D eigenvalue weighted by molar-refractivity contribution is 5.67. The highest BCUT2D eigenvalue weighted by Crippen LogP contribution is 2.16. The van der Waals surface area contributed by atoms with Gasteiger partial charge in [0.25, 0.3) is 0 Å². The zero-order chi connectivity index (χ0) is 12.7. The molecule has 17 heavy (non-hydrogen) atoms. The van der Waals surface area contributed by atoms with E-state index < -0.39 is 0 Å². The molecular weight excluding hydrogens is 214 g/mol. The van der Waals surface area contributed by atoms with E-state index in [0.29, 0.717) is 6.54 Å². The van der Waals surface area contributed by atoms with Crippen LogP contribution in [0.1, 0.15) is 52.9 Å². The highest BCUT2D eigenvalue weighted by Gasteiger charge is 2.16. The number of rotatable bonds is 2. The second-order valence-electron chi connectivity index (χ2n) is 5.92. The Bertz CT molecular complexity index is 266. The number of alkyl carbamates (subject to hydrolysis) is 1. The fraction of sp³-hybridized carbons (Fsp3) is 0.786. The summed E-state index contributed by atoms with van der Waals surface area (Å²) in [6.07, 6.45) is 9.36. The van der Waals surface area contributed by atoms with Crippen LogP contribution in [0.25, 0.3) is 0 Å². The molecular formula is C14H25NO2. The normalized spacial score (nSPS) is 23.4. The third-order valence-corrected chi connectivity index (χ3v) is 2.76. The molecule has 0 spiro atoms. The SMILES string of the molecule is CC(C)(C)CNC(=O)OC1CC/C=C/CCC1. The zero-order valence-corrected chi connectivity index (χ0v) is 11.3. The van der Waals surface area contributed by atoms with Crippen molar-refractivity contribution in [3.05, 3.63) is 12.2 Å². The summed E-state index contributed by atoms with van der Waals surface area (Å²) >= 11 is 0. The maximum atomic E-state index is 11.6. The van der Waals surface area contributed by atoms with Gasteiger partial charge in [-0.3, -0.25) is 0 Å². The molecule has 1 atom stereocenters. The molecule has 0 aromatic rings. The van der Waals surface area contributed by atoms with Gasteiger partial charge in [-0.15, -0.1) is 0 Å². The summed E-state index contributed by atoms with van der Waals surface area (Å²) in [6, 6.07) is 0. The molecule has 0 saturated heterocycles. The molecule has 0 heterocycles. The van der Waals surface area contributed by atoms with Gasteiger partial charge in [0.2, 0.25) is 0 Å². The van der Waals surface area contributed by atoms with Crippen LogP contribution in [-0.4, -0.2) is 18.7 Å². The monoisotopic (exact) mass is 239 g/mol. The van der Waals surface area contributed by atoms with Gasteiger partial charge in [0.1, 0.15) is 6.10 Å². The highest BCUT2D eigenvalue weighted by atomic mass is 16.6. The van der Waals surface area contributed by atoms with Gasteiger partial charge in [0, 0.05) is 6.54 Å². The average molecular weight is 239 g/mol. The lowest BCUT2D eigenvalue weighted by Gasteiger charge is -2.22. The molecule has 0 radical (unpaired) electrons. The van der Waals surface area contributed by atoms with Crippen LogP contribution in [0.15, 0.2) is 12.2 Å². The maximum Gasteiger partial charge on any atom is 0.407 e. The summed E-state index contributed by atoms with van der Waals surface area (Å²) in [4.78, 5) is 11.6. The minimum absolute atomic E-state index is 0.0833. The predicted octanol–water partition coefficient (Wildman–Crippen LogP) is 3.65. The summed E-state index contributed by atoms with van der Waals surface area (Å²) in [5, 5.41) is 2.83. The number of hydrogen-bond acceptors (Lipinski definition) is 2. The van der Waals surface area contributed by atoms with Crippen molar-refractivity contribution in [3.8, 4) is 0 Å². The van der Waals surface area contributed by atoms with Gasteiger partial charge in [0.05, 0.1) is 0 Å². The molecule has 0 saturated carbocycles. The van der Waals surface area contributed by atoms with E-state index in [1.54, 1.807) is 0 Å². The van der Waals surface area contributed by atoms with Crippen molar-refractivity contribution in [3.63, 3.8) is 0 Å². The second-order valence-corrected chi connectivity index (χ2v) is 5.92. The molecule has 98 valence electrons. The van der Waals surface area contributed by atoms with E-state index in [9.17, 15) is 4.79 Å². The van der Waals surface area contributed by atoms with Crippen LogP contribution in [0.4, 0.5) is 4.79 Å². The Kier molecular flexibility index (Phi) is 5.52. The van der Waals surface area contributed by atoms with Crippen molar-refractivity contribution in [1.82, 2.24) is 5.32 Å². The van der Waals surface area contributed by atoms with E-state index in [1.807, 2.05) is 0 Å². The van der Waals surface area contributed by atoms with Crippen LogP contribution in [-0.2, 0) is 4.74 Å². The van der Waals surface area contributed by atoms with E-state index in [4.69, 9.17) is 4.74 Å². The molecule has 1 rings (SSSR count). The van der Waals surface area contributed by atoms with Crippen molar-refractivity contribution >= 4 is 6.09 Å². The Labute approximate surface area is 105 Å². The number of carbonyl (C=O) groups excluding carboxylic acids is 1. The number of carbonyl (C=O) groups is 1. The Morgan fingerprint density at radius 2 is 2.00 bits per heavy atom. The van der Waals surface area contributed by atoms with Crippen LogP contribution in [0, 0.1) is 5.41 Å². The van der Waals surface area contributed by atoms with Gasteiger partial charge in [-0.2, -0.15) is 0 Å². The average Bonchev–Trinajstić information content (AvgIpc) is 2.18. The van der Waals surface area contributed by atoms with Gasteiger partial charge in [-0.1, -0.05) is 32.9 Å². The second kappa shape index (κ2) is 6.67. The van der Waals surface area contributed by atoms with Gasteiger partial charge in [-0.25, -0.2) is 4.79 Å². The van der Waals surface area contributed by atoms with Crippen molar-refractivity contribution in [2.45, 2.75) is 59.0 Å². The van der Waals surface area contributed by atoms with E-state index in [2.05, 4.69) is 38.2 Å². The summed E-state index contributed by atoms with van der Waals surface area (Å²) in [7, 11) is 0. The molecule has 3 nitrogen and oxygen atoms in total. The fourth-order valence-electron chi connectivity index (χ4n) is 1.77. The van der Waals surface area contributed by atoms with Gasteiger partial charge in [0.15, 0.2) is 0 Å². The van der Waals surface area contributed by atoms with E-state index in [-0.39, 0.29) is 17.6 Å². The summed E-state index contributed by atoms with van der Waals surface area (Å²) in [5.74, 6) is 0. The lowest BCUT2D eigenvalue weighted by Crippen LogP contribution is -2.35.